The molecule has 0 aromatic carbocycles. The van der Waals surface area contributed by atoms with Crippen molar-refractivity contribution in [1.82, 2.24) is 10.3 Å². The maximum atomic E-state index is 12.3. The van der Waals surface area contributed by atoms with Gasteiger partial charge in [-0.25, -0.2) is 0 Å². The van der Waals surface area contributed by atoms with Crippen LogP contribution in [0.2, 0.25) is 0 Å². The maximum Gasteiger partial charge on any atom is 0.255 e. The minimum atomic E-state index is -0.0178. The minimum Gasteiger partial charge on any atom is -0.385 e. The summed E-state index contributed by atoms with van der Waals surface area (Å²) in [5.41, 5.74) is 1.49. The first-order valence-electron chi connectivity index (χ1n) is 6.76. The molecule has 1 amide bonds. The second-order valence-corrected chi connectivity index (χ2v) is 5.93. The van der Waals surface area contributed by atoms with Crippen molar-refractivity contribution in [2.24, 2.45) is 0 Å². The van der Waals surface area contributed by atoms with Crippen molar-refractivity contribution in [1.29, 1.82) is 0 Å². The Kier molecular flexibility index (Phi) is 5.07. The van der Waals surface area contributed by atoms with Gasteiger partial charge in [0, 0.05) is 30.2 Å². The van der Waals surface area contributed by atoms with Gasteiger partial charge in [0.15, 0.2) is 0 Å². The topological polar surface area (TPSA) is 54.0 Å². The average molecular weight is 279 g/mol. The van der Waals surface area contributed by atoms with Crippen molar-refractivity contribution in [3.05, 3.63) is 24.0 Å². The standard InChI is InChI=1S/C14H21N3OS/c1-3-16-13-6-7-15-9-12(13)14(18)17-10-4-5-11(8-10)19-2/h6-7,9-11H,3-5,8H2,1-2H3,(H,15,16)(H,17,18). The smallest absolute Gasteiger partial charge is 0.255 e. The van der Waals surface area contributed by atoms with Crippen LogP contribution in [0.1, 0.15) is 36.5 Å². The number of aromatic nitrogens is 1. The molecule has 2 atom stereocenters. The summed E-state index contributed by atoms with van der Waals surface area (Å²) in [5.74, 6) is -0.0178. The Balaban J connectivity index is 2.00. The Labute approximate surface area is 118 Å². The Morgan fingerprint density at radius 3 is 3.05 bits per heavy atom. The van der Waals surface area contributed by atoms with Crippen LogP contribution >= 0.6 is 11.8 Å². The van der Waals surface area contributed by atoms with E-state index in [-0.39, 0.29) is 5.91 Å². The molecule has 2 rings (SSSR count). The van der Waals surface area contributed by atoms with Gasteiger partial charge in [0.2, 0.25) is 0 Å². The van der Waals surface area contributed by atoms with Gasteiger partial charge in [-0.1, -0.05) is 0 Å². The van der Waals surface area contributed by atoms with Crippen LogP contribution in [0.25, 0.3) is 0 Å². The number of nitrogens with one attached hydrogen (secondary N) is 2. The van der Waals surface area contributed by atoms with Crippen molar-refractivity contribution >= 4 is 23.4 Å². The molecule has 0 radical (unpaired) electrons. The molecule has 1 aromatic heterocycles. The Bertz CT molecular complexity index is 438. The highest BCUT2D eigenvalue weighted by Crippen LogP contribution is 2.28. The summed E-state index contributed by atoms with van der Waals surface area (Å²) in [6, 6.07) is 2.15. The normalized spacial score (nSPS) is 22.2. The molecule has 4 nitrogen and oxygen atoms in total. The van der Waals surface area contributed by atoms with Crippen molar-refractivity contribution in [3.63, 3.8) is 0 Å². The number of nitrogens with zero attached hydrogens (tertiary/aromatic N) is 1. The van der Waals surface area contributed by atoms with Crippen LogP contribution in [-0.2, 0) is 0 Å². The van der Waals surface area contributed by atoms with E-state index in [0.717, 1.165) is 25.1 Å². The highest BCUT2D eigenvalue weighted by molar-refractivity contribution is 7.99. The first-order valence-corrected chi connectivity index (χ1v) is 8.05. The predicted molar refractivity (Wildman–Crippen MR) is 80.8 cm³/mol. The lowest BCUT2D eigenvalue weighted by molar-refractivity contribution is 0.0938. The highest BCUT2D eigenvalue weighted by atomic mass is 32.2. The molecular weight excluding hydrogens is 258 g/mol. The summed E-state index contributed by atoms with van der Waals surface area (Å²) in [6.07, 6.45) is 8.82. The highest BCUT2D eigenvalue weighted by Gasteiger charge is 2.26. The van der Waals surface area contributed by atoms with Crippen molar-refractivity contribution in [2.75, 3.05) is 18.1 Å². The first kappa shape index (κ1) is 14.2. The first-order chi connectivity index (χ1) is 9.24. The fraction of sp³-hybridized carbons (Fsp3) is 0.571. The molecule has 19 heavy (non-hydrogen) atoms. The van der Waals surface area contributed by atoms with Crippen LogP contribution in [0.3, 0.4) is 0 Å². The number of thioether (sulfide) groups is 1. The lowest BCUT2D eigenvalue weighted by Crippen LogP contribution is -2.33. The number of pyridine rings is 1. The molecule has 2 N–H and O–H groups in total. The quantitative estimate of drug-likeness (QED) is 0.869. The Morgan fingerprint density at radius 1 is 1.53 bits per heavy atom. The van der Waals surface area contributed by atoms with Gasteiger partial charge < -0.3 is 10.6 Å². The minimum absolute atomic E-state index is 0.0178. The fourth-order valence-electron chi connectivity index (χ4n) is 2.47. The van der Waals surface area contributed by atoms with Crippen LogP contribution in [-0.4, -0.2) is 35.0 Å². The van der Waals surface area contributed by atoms with Gasteiger partial charge in [0.25, 0.3) is 5.91 Å². The number of hydrogen-bond acceptors (Lipinski definition) is 4. The van der Waals surface area contributed by atoms with E-state index in [9.17, 15) is 4.79 Å². The molecule has 1 aliphatic carbocycles. The van der Waals surface area contributed by atoms with Crippen molar-refractivity contribution in [3.8, 4) is 0 Å². The van der Waals surface area contributed by atoms with Crippen molar-refractivity contribution in [2.45, 2.75) is 37.5 Å². The Hall–Kier alpha value is -1.23. The van der Waals surface area contributed by atoms with E-state index in [1.807, 2.05) is 24.8 Å². The summed E-state index contributed by atoms with van der Waals surface area (Å²) in [4.78, 5) is 16.3. The van der Waals surface area contributed by atoms with Gasteiger partial charge in [-0.2, -0.15) is 11.8 Å². The monoisotopic (exact) mass is 279 g/mol. The number of hydrogen-bond donors (Lipinski definition) is 2. The molecule has 2 unspecified atom stereocenters. The molecule has 1 fully saturated rings. The summed E-state index contributed by atoms with van der Waals surface area (Å²) >= 11 is 1.89. The molecule has 5 heteroatoms. The van der Waals surface area contributed by atoms with Crippen LogP contribution in [0, 0.1) is 0 Å². The van der Waals surface area contributed by atoms with Gasteiger partial charge in [-0.15, -0.1) is 0 Å². The zero-order valence-corrected chi connectivity index (χ0v) is 12.3. The van der Waals surface area contributed by atoms with E-state index in [4.69, 9.17) is 0 Å². The molecule has 0 spiro atoms. The van der Waals surface area contributed by atoms with E-state index >= 15 is 0 Å². The number of amides is 1. The third-order valence-corrected chi connectivity index (χ3v) is 4.58. The van der Waals surface area contributed by atoms with Crippen LogP contribution in [0.15, 0.2) is 18.5 Å². The number of carbonyl (C=O) groups excluding carboxylic acids is 1. The molecule has 1 heterocycles. The van der Waals surface area contributed by atoms with Crippen LogP contribution in [0.4, 0.5) is 5.69 Å². The summed E-state index contributed by atoms with van der Waals surface area (Å²) in [6.45, 7) is 2.81. The second-order valence-electron chi connectivity index (χ2n) is 4.79. The van der Waals surface area contributed by atoms with E-state index in [2.05, 4.69) is 21.9 Å². The zero-order valence-electron chi connectivity index (χ0n) is 11.5. The lowest BCUT2D eigenvalue weighted by atomic mass is 10.2. The molecular formula is C14H21N3OS. The molecule has 0 bridgehead atoms. The number of rotatable bonds is 5. The molecule has 104 valence electrons. The van der Waals surface area contributed by atoms with Crippen LogP contribution < -0.4 is 10.6 Å². The lowest BCUT2D eigenvalue weighted by Gasteiger charge is -2.15. The summed E-state index contributed by atoms with van der Waals surface area (Å²) in [7, 11) is 0. The second kappa shape index (κ2) is 6.80. The number of carbonyl (C=O) groups is 1. The Morgan fingerprint density at radius 2 is 2.37 bits per heavy atom. The average Bonchev–Trinajstić information content (AvgIpc) is 2.87. The third kappa shape index (κ3) is 3.62. The molecule has 0 aliphatic heterocycles. The summed E-state index contributed by atoms with van der Waals surface area (Å²) in [5, 5.41) is 7.01. The van der Waals surface area contributed by atoms with E-state index in [1.54, 1.807) is 12.4 Å². The molecule has 0 saturated heterocycles. The van der Waals surface area contributed by atoms with Crippen LogP contribution in [0.5, 0.6) is 0 Å². The van der Waals surface area contributed by atoms with E-state index < -0.39 is 0 Å². The van der Waals surface area contributed by atoms with Gasteiger partial charge >= 0.3 is 0 Å². The van der Waals surface area contributed by atoms with Gasteiger partial charge in [-0.3, -0.25) is 9.78 Å². The number of anilines is 1. The third-order valence-electron chi connectivity index (χ3n) is 3.49. The predicted octanol–water partition coefficient (Wildman–Crippen LogP) is 2.53. The van der Waals surface area contributed by atoms with Crippen molar-refractivity contribution < 1.29 is 4.79 Å². The van der Waals surface area contributed by atoms with Gasteiger partial charge in [-0.05, 0) is 38.5 Å². The molecule has 1 saturated carbocycles. The van der Waals surface area contributed by atoms with Gasteiger partial charge in [0.05, 0.1) is 11.3 Å². The molecule has 1 aromatic rings. The zero-order chi connectivity index (χ0) is 13.7. The maximum absolute atomic E-state index is 12.3. The summed E-state index contributed by atoms with van der Waals surface area (Å²) < 4.78 is 0. The largest absolute Gasteiger partial charge is 0.385 e. The fourth-order valence-corrected chi connectivity index (χ4v) is 3.26. The van der Waals surface area contributed by atoms with E-state index in [0.29, 0.717) is 16.9 Å². The van der Waals surface area contributed by atoms with E-state index in [1.165, 1.54) is 6.42 Å². The SMILES string of the molecule is CCNc1ccncc1C(=O)NC1CCC(SC)C1. The van der Waals surface area contributed by atoms with Gasteiger partial charge in [0.1, 0.15) is 0 Å². The molecule has 1 aliphatic rings.